The van der Waals surface area contributed by atoms with Crippen molar-refractivity contribution in [3.8, 4) is 11.5 Å². The number of methoxy groups -OCH3 is 2. The zero-order valence-electron chi connectivity index (χ0n) is 19.0. The lowest BCUT2D eigenvalue weighted by molar-refractivity contribution is -0.123. The highest BCUT2D eigenvalue weighted by molar-refractivity contribution is 6.30. The van der Waals surface area contributed by atoms with Crippen LogP contribution in [0.3, 0.4) is 0 Å². The molecule has 0 fully saturated rings. The van der Waals surface area contributed by atoms with Crippen molar-refractivity contribution in [1.29, 1.82) is 0 Å². The zero-order valence-corrected chi connectivity index (χ0v) is 19.8. The molecule has 1 amide bonds. The van der Waals surface area contributed by atoms with Crippen LogP contribution in [0.2, 0.25) is 5.02 Å². The Kier molecular flexibility index (Phi) is 7.53. The van der Waals surface area contributed by atoms with Gasteiger partial charge in [0.2, 0.25) is 5.91 Å². The number of halogens is 1. The van der Waals surface area contributed by atoms with Gasteiger partial charge in [-0.1, -0.05) is 54.1 Å². The van der Waals surface area contributed by atoms with Gasteiger partial charge in [-0.25, -0.2) is 0 Å². The summed E-state index contributed by atoms with van der Waals surface area (Å²) < 4.78 is 11.1. The number of benzene rings is 3. The maximum Gasteiger partial charge on any atom is 0.234 e. The van der Waals surface area contributed by atoms with Crippen LogP contribution in [0.5, 0.6) is 11.5 Å². The smallest absolute Gasteiger partial charge is 0.234 e. The number of carbonyl (C=O) groups excluding carboxylic acids is 1. The molecule has 1 atom stereocenters. The average Bonchev–Trinajstić information content (AvgIpc) is 2.85. The molecule has 1 aliphatic rings. The summed E-state index contributed by atoms with van der Waals surface area (Å²) >= 11 is 6.10. The summed E-state index contributed by atoms with van der Waals surface area (Å²) in [6, 6.07) is 22.0. The molecule has 0 saturated carbocycles. The molecule has 3 aromatic rings. The van der Waals surface area contributed by atoms with E-state index in [2.05, 4.69) is 22.3 Å². The van der Waals surface area contributed by atoms with Crippen molar-refractivity contribution in [2.45, 2.75) is 25.4 Å². The molecular weight excluding hydrogens is 436 g/mol. The van der Waals surface area contributed by atoms with E-state index < -0.39 is 0 Å². The SMILES string of the molecule is COc1cc2c(cc1OC)C(Cc1ccc(Cl)cc1)N(CC(=O)NCc1ccccc1)CC2. The van der Waals surface area contributed by atoms with Crippen molar-refractivity contribution < 1.29 is 14.3 Å². The molecule has 0 aliphatic carbocycles. The van der Waals surface area contributed by atoms with Crippen molar-refractivity contribution in [3.63, 3.8) is 0 Å². The van der Waals surface area contributed by atoms with E-state index in [9.17, 15) is 4.79 Å². The maximum atomic E-state index is 12.8. The second-order valence-electron chi connectivity index (χ2n) is 8.24. The van der Waals surface area contributed by atoms with Crippen molar-refractivity contribution in [1.82, 2.24) is 10.2 Å². The highest BCUT2D eigenvalue weighted by Gasteiger charge is 2.30. The van der Waals surface area contributed by atoms with E-state index >= 15 is 0 Å². The number of nitrogens with one attached hydrogen (secondary N) is 1. The number of nitrogens with zero attached hydrogens (tertiary/aromatic N) is 1. The number of fused-ring (bicyclic) bond motifs is 1. The van der Waals surface area contributed by atoms with Crippen LogP contribution in [0.15, 0.2) is 66.7 Å². The normalized spacial score (nSPS) is 15.5. The molecule has 0 radical (unpaired) electrons. The first-order valence-electron chi connectivity index (χ1n) is 11.1. The van der Waals surface area contributed by atoms with Gasteiger partial charge in [-0.05, 0) is 59.4 Å². The molecule has 1 N–H and O–H groups in total. The van der Waals surface area contributed by atoms with Crippen molar-refractivity contribution in [2.24, 2.45) is 0 Å². The first-order valence-corrected chi connectivity index (χ1v) is 11.5. The number of hydrogen-bond donors (Lipinski definition) is 1. The third-order valence-corrected chi connectivity index (χ3v) is 6.39. The van der Waals surface area contributed by atoms with E-state index in [1.54, 1.807) is 14.2 Å². The van der Waals surface area contributed by atoms with E-state index in [1.807, 2.05) is 54.6 Å². The fourth-order valence-corrected chi connectivity index (χ4v) is 4.52. The van der Waals surface area contributed by atoms with Gasteiger partial charge in [0.25, 0.3) is 0 Å². The van der Waals surface area contributed by atoms with Gasteiger partial charge in [0, 0.05) is 24.2 Å². The minimum absolute atomic E-state index is 0.0175. The Labute approximate surface area is 200 Å². The molecule has 33 heavy (non-hydrogen) atoms. The molecule has 0 saturated heterocycles. The second-order valence-corrected chi connectivity index (χ2v) is 8.67. The van der Waals surface area contributed by atoms with Gasteiger partial charge >= 0.3 is 0 Å². The summed E-state index contributed by atoms with van der Waals surface area (Å²) in [5.41, 5.74) is 4.66. The number of rotatable bonds is 8. The third-order valence-electron chi connectivity index (χ3n) is 6.14. The van der Waals surface area contributed by atoms with Gasteiger partial charge in [0.15, 0.2) is 11.5 Å². The van der Waals surface area contributed by atoms with Crippen molar-refractivity contribution in [2.75, 3.05) is 27.3 Å². The molecule has 6 heteroatoms. The van der Waals surface area contributed by atoms with E-state index in [0.29, 0.717) is 23.9 Å². The minimum Gasteiger partial charge on any atom is -0.493 e. The molecule has 172 valence electrons. The molecule has 4 rings (SSSR count). The van der Waals surface area contributed by atoms with E-state index in [1.165, 1.54) is 16.7 Å². The van der Waals surface area contributed by atoms with Crippen LogP contribution in [-0.2, 0) is 24.2 Å². The van der Waals surface area contributed by atoms with Crippen LogP contribution in [0.4, 0.5) is 0 Å². The Morgan fingerprint density at radius 2 is 1.70 bits per heavy atom. The van der Waals surface area contributed by atoms with Crippen LogP contribution >= 0.6 is 11.6 Å². The number of carbonyl (C=O) groups is 1. The Hall–Kier alpha value is -3.02. The van der Waals surface area contributed by atoms with Gasteiger partial charge in [-0.2, -0.15) is 0 Å². The Morgan fingerprint density at radius 1 is 1.00 bits per heavy atom. The molecular formula is C27H29ClN2O3. The quantitative estimate of drug-likeness (QED) is 0.519. The highest BCUT2D eigenvalue weighted by Crippen LogP contribution is 2.39. The molecule has 1 aliphatic heterocycles. The molecule has 0 bridgehead atoms. The lowest BCUT2D eigenvalue weighted by Crippen LogP contribution is -2.43. The minimum atomic E-state index is 0.0175. The van der Waals surface area contributed by atoms with Crippen LogP contribution in [0.1, 0.15) is 28.3 Å². The summed E-state index contributed by atoms with van der Waals surface area (Å²) in [7, 11) is 3.30. The summed E-state index contributed by atoms with van der Waals surface area (Å²) in [5, 5.41) is 3.77. The molecule has 5 nitrogen and oxygen atoms in total. The Morgan fingerprint density at radius 3 is 2.39 bits per heavy atom. The Bertz CT molecular complexity index is 1090. The largest absolute Gasteiger partial charge is 0.493 e. The summed E-state index contributed by atoms with van der Waals surface area (Å²) in [5.74, 6) is 1.45. The van der Waals surface area contributed by atoms with Crippen LogP contribution < -0.4 is 14.8 Å². The lowest BCUT2D eigenvalue weighted by atomic mass is 9.88. The molecule has 3 aromatic carbocycles. The van der Waals surface area contributed by atoms with Gasteiger partial charge in [-0.3, -0.25) is 9.69 Å². The van der Waals surface area contributed by atoms with Gasteiger partial charge < -0.3 is 14.8 Å². The zero-order chi connectivity index (χ0) is 23.2. The molecule has 1 heterocycles. The van der Waals surface area contributed by atoms with Crippen molar-refractivity contribution in [3.05, 3.63) is 94.0 Å². The number of hydrogen-bond acceptors (Lipinski definition) is 4. The van der Waals surface area contributed by atoms with Gasteiger partial charge in [-0.15, -0.1) is 0 Å². The van der Waals surface area contributed by atoms with E-state index in [-0.39, 0.29) is 11.9 Å². The van der Waals surface area contributed by atoms with Crippen molar-refractivity contribution >= 4 is 17.5 Å². The first kappa shape index (κ1) is 23.1. The second kappa shape index (κ2) is 10.7. The molecule has 1 unspecified atom stereocenters. The first-order chi connectivity index (χ1) is 16.1. The van der Waals surface area contributed by atoms with Crippen LogP contribution in [-0.4, -0.2) is 38.1 Å². The van der Waals surface area contributed by atoms with E-state index in [4.69, 9.17) is 21.1 Å². The predicted octanol–water partition coefficient (Wildman–Crippen LogP) is 4.82. The van der Waals surface area contributed by atoms with Gasteiger partial charge in [0.1, 0.15) is 0 Å². The number of amides is 1. The fraction of sp³-hybridized carbons (Fsp3) is 0.296. The molecule has 0 aromatic heterocycles. The average molecular weight is 465 g/mol. The van der Waals surface area contributed by atoms with Crippen LogP contribution in [0.25, 0.3) is 0 Å². The fourth-order valence-electron chi connectivity index (χ4n) is 4.39. The number of ether oxygens (including phenoxy) is 2. The van der Waals surface area contributed by atoms with Crippen LogP contribution in [0, 0.1) is 0 Å². The summed E-state index contributed by atoms with van der Waals surface area (Å²) in [6.45, 7) is 1.65. The third kappa shape index (κ3) is 5.67. The maximum absolute atomic E-state index is 12.8. The van der Waals surface area contributed by atoms with E-state index in [0.717, 1.165) is 30.7 Å². The summed E-state index contributed by atoms with van der Waals surface area (Å²) in [4.78, 5) is 15.1. The van der Waals surface area contributed by atoms with Gasteiger partial charge in [0.05, 0.1) is 20.8 Å². The summed E-state index contributed by atoms with van der Waals surface area (Å²) in [6.07, 6.45) is 1.62. The standard InChI is InChI=1S/C27H29ClN2O3/c1-32-25-15-21-12-13-30(18-27(31)29-17-20-6-4-3-5-7-20)24(23(21)16-26(25)33-2)14-19-8-10-22(28)11-9-19/h3-11,15-16,24H,12-14,17-18H2,1-2H3,(H,29,31). The Balaban J connectivity index is 1.57. The lowest BCUT2D eigenvalue weighted by Gasteiger charge is -2.37. The molecule has 0 spiro atoms. The monoisotopic (exact) mass is 464 g/mol. The predicted molar refractivity (Wildman–Crippen MR) is 131 cm³/mol. The highest BCUT2D eigenvalue weighted by atomic mass is 35.5. The topological polar surface area (TPSA) is 50.8 Å².